The summed E-state index contributed by atoms with van der Waals surface area (Å²) in [5.41, 5.74) is 13.5. The Morgan fingerprint density at radius 3 is 2.33 bits per heavy atom. The highest BCUT2D eigenvalue weighted by molar-refractivity contribution is 6.07. The van der Waals surface area contributed by atoms with E-state index in [1.165, 1.54) is 40.7 Å². The highest BCUT2D eigenvalue weighted by Crippen LogP contribution is 2.42. The molecule has 0 saturated heterocycles. The summed E-state index contributed by atoms with van der Waals surface area (Å²) in [5, 5.41) is 1.15. The predicted octanol–water partition coefficient (Wildman–Crippen LogP) is 6.46. The van der Waals surface area contributed by atoms with Crippen molar-refractivity contribution in [2.24, 2.45) is 0 Å². The molecule has 1 saturated carbocycles. The molecule has 0 spiro atoms. The van der Waals surface area contributed by atoms with Crippen molar-refractivity contribution in [1.29, 1.82) is 0 Å². The normalized spacial score (nSPS) is 19.9. The molecule has 0 atom stereocenters. The van der Waals surface area contributed by atoms with Crippen LogP contribution in [-0.2, 0) is 0 Å². The van der Waals surface area contributed by atoms with Gasteiger partial charge in [-0.2, -0.15) is 0 Å². The summed E-state index contributed by atoms with van der Waals surface area (Å²) in [6, 6.07) is 19.6. The Balaban J connectivity index is 1.65. The summed E-state index contributed by atoms with van der Waals surface area (Å²) < 4.78 is 0. The van der Waals surface area contributed by atoms with Crippen molar-refractivity contribution in [2.45, 2.75) is 18.8 Å². The monoisotopic (exact) mass is 345 g/mol. The van der Waals surface area contributed by atoms with Gasteiger partial charge in [-0.15, -0.1) is 0 Å². The lowest BCUT2D eigenvalue weighted by atomic mass is 9.89. The summed E-state index contributed by atoms with van der Waals surface area (Å²) in [5.74, 6) is 0.744. The molecule has 27 heavy (non-hydrogen) atoms. The molecule has 1 heterocycles. The van der Waals surface area contributed by atoms with Crippen LogP contribution in [0.4, 0.5) is 0 Å². The van der Waals surface area contributed by atoms with Crippen LogP contribution in [0.1, 0.15) is 35.4 Å². The quantitative estimate of drug-likeness (QED) is 0.496. The summed E-state index contributed by atoms with van der Waals surface area (Å²) in [6.45, 7) is 0. The molecule has 1 nitrogen and oxygen atoms in total. The Morgan fingerprint density at radius 1 is 0.778 bits per heavy atom. The molecule has 0 unspecified atom stereocenters. The van der Waals surface area contributed by atoms with E-state index in [0.29, 0.717) is 0 Å². The van der Waals surface area contributed by atoms with E-state index in [1.807, 2.05) is 24.4 Å². The van der Waals surface area contributed by atoms with E-state index in [4.69, 9.17) is 0 Å². The third-order valence-electron chi connectivity index (χ3n) is 5.20. The van der Waals surface area contributed by atoms with E-state index in [-0.39, 0.29) is 0 Å². The molecule has 0 amide bonds. The van der Waals surface area contributed by atoms with Gasteiger partial charge in [0.15, 0.2) is 0 Å². The molecule has 0 radical (unpaired) electrons. The first kappa shape index (κ1) is 15.9. The van der Waals surface area contributed by atoms with Crippen LogP contribution < -0.4 is 0 Å². The minimum Gasteiger partial charge on any atom is -0.256 e. The van der Waals surface area contributed by atoms with Crippen molar-refractivity contribution in [3.8, 4) is 0 Å². The second-order valence-electron chi connectivity index (χ2n) is 7.09. The molecule has 1 aromatic heterocycles. The lowest BCUT2D eigenvalue weighted by molar-refractivity contribution is 1.13. The van der Waals surface area contributed by atoms with Crippen LogP contribution in [-0.4, -0.2) is 4.98 Å². The third-order valence-corrected chi connectivity index (χ3v) is 5.20. The summed E-state index contributed by atoms with van der Waals surface area (Å²) in [4.78, 5) is 4.45. The van der Waals surface area contributed by atoms with E-state index in [1.54, 1.807) is 0 Å². The molecule has 3 aromatic rings. The molecule has 128 valence electrons. The van der Waals surface area contributed by atoms with Crippen LogP contribution >= 0.6 is 0 Å². The minimum atomic E-state index is 0.744. The van der Waals surface area contributed by atoms with Crippen LogP contribution in [0.2, 0.25) is 0 Å². The second kappa shape index (κ2) is 6.74. The average molecular weight is 345 g/mol. The predicted molar refractivity (Wildman–Crippen MR) is 112 cm³/mol. The molecule has 1 fully saturated rings. The fourth-order valence-corrected chi connectivity index (χ4v) is 3.65. The molecule has 0 aliphatic heterocycles. The van der Waals surface area contributed by atoms with Crippen molar-refractivity contribution >= 4 is 22.0 Å². The Labute approximate surface area is 159 Å². The van der Waals surface area contributed by atoms with Crippen molar-refractivity contribution in [1.82, 2.24) is 4.98 Å². The molecule has 5 rings (SSSR count). The van der Waals surface area contributed by atoms with Crippen LogP contribution in [0, 0.1) is 0 Å². The molecular formula is C26H19N. The average Bonchev–Trinajstić information content (AvgIpc) is 3.53. The maximum absolute atomic E-state index is 4.45. The smallest absolute Gasteiger partial charge is 0.0702 e. The number of pyridine rings is 1. The Hall–Kier alpha value is -3.37. The number of nitrogens with zero attached hydrogens (tertiary/aromatic N) is 1. The maximum atomic E-state index is 4.45. The van der Waals surface area contributed by atoms with Crippen LogP contribution in [0.15, 0.2) is 96.6 Å². The molecule has 1 heteroatoms. The highest BCUT2D eigenvalue weighted by Gasteiger charge is 2.24. The zero-order valence-electron chi connectivity index (χ0n) is 15.0. The third kappa shape index (κ3) is 3.23. The van der Waals surface area contributed by atoms with Gasteiger partial charge >= 0.3 is 0 Å². The van der Waals surface area contributed by atoms with E-state index in [0.717, 1.165) is 16.8 Å². The SMILES string of the molecule is C1=C=C/C=C(c2cccc(C3CC3)c2)/C(c2ccc3ncccc3c2)=C\C=1. The second-order valence-corrected chi connectivity index (χ2v) is 7.09. The zero-order chi connectivity index (χ0) is 18.1. The number of rotatable bonds is 3. The van der Waals surface area contributed by atoms with Crippen LogP contribution in [0.5, 0.6) is 0 Å². The lowest BCUT2D eigenvalue weighted by Crippen LogP contribution is -1.93. The first-order valence-corrected chi connectivity index (χ1v) is 9.42. The largest absolute Gasteiger partial charge is 0.256 e. The van der Waals surface area contributed by atoms with Gasteiger partial charge in [-0.05, 0) is 89.1 Å². The first-order chi connectivity index (χ1) is 13.4. The van der Waals surface area contributed by atoms with E-state index in [2.05, 4.69) is 77.1 Å². The van der Waals surface area contributed by atoms with Gasteiger partial charge in [0.05, 0.1) is 5.52 Å². The molecule has 0 N–H and O–H groups in total. The van der Waals surface area contributed by atoms with Gasteiger partial charge in [0.1, 0.15) is 0 Å². The van der Waals surface area contributed by atoms with Gasteiger partial charge in [0.25, 0.3) is 0 Å². The summed E-state index contributed by atoms with van der Waals surface area (Å²) in [7, 11) is 0. The Morgan fingerprint density at radius 2 is 1.56 bits per heavy atom. The number of allylic oxidation sites excluding steroid dienone is 6. The zero-order valence-corrected chi connectivity index (χ0v) is 15.0. The standard InChI is InChI=1S/C26H19N/c1-2-4-11-25(22-14-15-26-23(18-22)9-6-16-27-26)24(10-3-1)21-8-5-7-20(17-21)19-12-13-19/h3-11,14-19H,12-13H2/b10-3?,11-4?,24-10+,25-11-,25-24?. The molecular weight excluding hydrogens is 326 g/mol. The van der Waals surface area contributed by atoms with E-state index in [9.17, 15) is 0 Å². The van der Waals surface area contributed by atoms with Gasteiger partial charge in [-0.3, -0.25) is 4.98 Å². The lowest BCUT2D eigenvalue weighted by Gasteiger charge is -2.15. The number of benzene rings is 2. The fourth-order valence-electron chi connectivity index (χ4n) is 3.65. The van der Waals surface area contributed by atoms with Crippen molar-refractivity contribution in [3.05, 3.63) is 113 Å². The van der Waals surface area contributed by atoms with Gasteiger partial charge in [-0.1, -0.05) is 47.9 Å². The van der Waals surface area contributed by atoms with Gasteiger partial charge in [0, 0.05) is 11.6 Å². The fraction of sp³-hybridized carbons (Fsp3) is 0.115. The number of aromatic nitrogens is 1. The minimum absolute atomic E-state index is 0.744. The molecule has 2 aromatic carbocycles. The highest BCUT2D eigenvalue weighted by atomic mass is 14.6. The number of hydrogen-bond donors (Lipinski definition) is 0. The van der Waals surface area contributed by atoms with Crippen LogP contribution in [0.3, 0.4) is 0 Å². The van der Waals surface area contributed by atoms with Crippen molar-refractivity contribution < 1.29 is 0 Å². The molecule has 0 bridgehead atoms. The molecule has 2 aliphatic rings. The topological polar surface area (TPSA) is 12.9 Å². The Kier molecular flexibility index (Phi) is 3.96. The van der Waals surface area contributed by atoms with Gasteiger partial charge < -0.3 is 0 Å². The maximum Gasteiger partial charge on any atom is 0.0702 e. The van der Waals surface area contributed by atoms with Gasteiger partial charge in [-0.25, -0.2) is 0 Å². The van der Waals surface area contributed by atoms with Crippen molar-refractivity contribution in [2.75, 3.05) is 0 Å². The van der Waals surface area contributed by atoms with E-state index >= 15 is 0 Å². The van der Waals surface area contributed by atoms with Gasteiger partial charge in [0.2, 0.25) is 0 Å². The Bertz CT molecular complexity index is 1190. The summed E-state index contributed by atoms with van der Waals surface area (Å²) >= 11 is 0. The first-order valence-electron chi connectivity index (χ1n) is 9.42. The van der Waals surface area contributed by atoms with E-state index < -0.39 is 0 Å². The van der Waals surface area contributed by atoms with Crippen molar-refractivity contribution in [3.63, 3.8) is 0 Å². The molecule has 2 aliphatic carbocycles. The number of fused-ring (bicyclic) bond motifs is 1. The summed E-state index contributed by atoms with van der Waals surface area (Å²) in [6.07, 6.45) is 12.6. The number of hydrogen-bond acceptors (Lipinski definition) is 1. The van der Waals surface area contributed by atoms with Crippen LogP contribution in [0.25, 0.3) is 22.0 Å².